The number of esters is 2. The molecule has 0 bridgehead atoms. The molecule has 0 N–H and O–H groups in total. The molecule has 0 aliphatic carbocycles. The molecule has 8 heteroatoms. The summed E-state index contributed by atoms with van der Waals surface area (Å²) in [6.07, 6.45) is 7.53. The van der Waals surface area contributed by atoms with Crippen molar-refractivity contribution in [2.75, 3.05) is 7.11 Å². The van der Waals surface area contributed by atoms with E-state index in [0.29, 0.717) is 61.8 Å². The second-order valence-electron chi connectivity index (χ2n) is 11.1. The van der Waals surface area contributed by atoms with Gasteiger partial charge in [0.05, 0.1) is 25.2 Å². The normalized spacial score (nSPS) is 21.1. The fourth-order valence-corrected chi connectivity index (χ4v) is 6.42. The molecular weight excluding hydrogens is 522 g/mol. The molecule has 8 nitrogen and oxygen atoms in total. The fourth-order valence-electron chi connectivity index (χ4n) is 6.42. The van der Waals surface area contributed by atoms with Gasteiger partial charge in [-0.05, 0) is 67.7 Å². The quantitative estimate of drug-likeness (QED) is 0.305. The van der Waals surface area contributed by atoms with E-state index < -0.39 is 24.0 Å². The summed E-state index contributed by atoms with van der Waals surface area (Å²) < 4.78 is 19.2. The molecule has 3 aliphatic heterocycles. The summed E-state index contributed by atoms with van der Waals surface area (Å²) >= 11 is 0. The molecule has 1 aromatic heterocycles. The molecule has 0 fully saturated rings. The van der Waals surface area contributed by atoms with Crippen LogP contribution in [0, 0.1) is 0 Å². The Morgan fingerprint density at radius 3 is 2.68 bits per heavy atom. The van der Waals surface area contributed by atoms with Crippen molar-refractivity contribution in [1.29, 1.82) is 0 Å². The number of hydrogen-bond acceptors (Lipinski definition) is 7. The molecule has 2 aromatic carbocycles. The van der Waals surface area contributed by atoms with Crippen LogP contribution in [0.2, 0.25) is 0 Å². The van der Waals surface area contributed by atoms with Gasteiger partial charge in [0.15, 0.2) is 0 Å². The van der Waals surface area contributed by atoms with Gasteiger partial charge in [0, 0.05) is 36.4 Å². The number of pyridine rings is 1. The van der Waals surface area contributed by atoms with E-state index in [0.717, 1.165) is 22.9 Å². The number of aryl methyl sites for hydroxylation is 2. The smallest absolute Gasteiger partial charge is 0.342 e. The number of fused-ring (bicyclic) bond motifs is 2. The van der Waals surface area contributed by atoms with E-state index in [1.165, 1.54) is 7.11 Å². The van der Waals surface area contributed by atoms with Gasteiger partial charge in [-0.15, -0.1) is 0 Å². The molecule has 0 saturated carbocycles. The van der Waals surface area contributed by atoms with Gasteiger partial charge >= 0.3 is 11.9 Å². The van der Waals surface area contributed by atoms with Crippen LogP contribution in [0.5, 0.6) is 11.5 Å². The fraction of sp³-hybridized carbons (Fsp3) is 0.394. The number of para-hydroxylation sites is 1. The largest absolute Gasteiger partial charge is 0.495 e. The molecule has 3 aromatic rings. The summed E-state index contributed by atoms with van der Waals surface area (Å²) in [6, 6.07) is 9.52. The monoisotopic (exact) mass is 555 g/mol. The second kappa shape index (κ2) is 11.0. The van der Waals surface area contributed by atoms with Crippen LogP contribution in [0.3, 0.4) is 0 Å². The zero-order valence-corrected chi connectivity index (χ0v) is 23.4. The Labute approximate surface area is 237 Å². The van der Waals surface area contributed by atoms with Crippen LogP contribution in [0.25, 0.3) is 17.0 Å². The molecule has 0 amide bonds. The predicted molar refractivity (Wildman–Crippen MR) is 154 cm³/mol. The van der Waals surface area contributed by atoms with Crippen molar-refractivity contribution in [1.82, 2.24) is 4.57 Å². The first kappa shape index (κ1) is 27.0. The Morgan fingerprint density at radius 1 is 1.02 bits per heavy atom. The Balaban J connectivity index is 1.53. The highest BCUT2D eigenvalue weighted by atomic mass is 16.5. The van der Waals surface area contributed by atoms with Crippen LogP contribution in [0.1, 0.15) is 90.4 Å². The van der Waals surface area contributed by atoms with Crippen molar-refractivity contribution in [3.05, 3.63) is 74.6 Å². The number of hydrogen-bond donors (Lipinski definition) is 0. The van der Waals surface area contributed by atoms with Gasteiger partial charge < -0.3 is 18.8 Å². The highest BCUT2D eigenvalue weighted by Gasteiger charge is 2.38. The van der Waals surface area contributed by atoms with Gasteiger partial charge in [-0.25, -0.2) is 4.79 Å². The first-order valence-electron chi connectivity index (χ1n) is 14.4. The van der Waals surface area contributed by atoms with Crippen LogP contribution >= 0.6 is 0 Å². The first-order chi connectivity index (χ1) is 19.9. The summed E-state index contributed by atoms with van der Waals surface area (Å²) in [5.74, 6) is -0.965. The van der Waals surface area contributed by atoms with Crippen LogP contribution in [-0.2, 0) is 27.3 Å². The molecule has 41 heavy (non-hydrogen) atoms. The lowest BCUT2D eigenvalue weighted by molar-refractivity contribution is -0.135. The third kappa shape index (κ3) is 4.96. The predicted octanol–water partition coefficient (Wildman–Crippen LogP) is 5.49. The Hall–Kier alpha value is -4.20. The molecule has 2 atom stereocenters. The van der Waals surface area contributed by atoms with Crippen LogP contribution in [0.4, 0.5) is 0 Å². The molecule has 3 aliphatic rings. The van der Waals surface area contributed by atoms with E-state index in [4.69, 9.17) is 14.2 Å². The maximum Gasteiger partial charge on any atom is 0.342 e. The maximum atomic E-state index is 13.8. The number of carbonyl (C=O) groups is 3. The number of allylic oxidation sites excluding steroid dienone is 1. The standard InChI is InChI=1S/C33H33NO7/c1-19-8-6-13-23(35)12-5-3-4-9-21-17-26-29(31(39-2)28(21)33(38)40-19)24(18-27(36)41-26)25-16-22-11-7-10-20-14-15-34(30(20)22)32(25)37/h4,7,9-11,16-17,19,24H,3,5-6,8,12-15,18H2,1-2H3/t19-,24-/m0/s1. The first-order valence-corrected chi connectivity index (χ1v) is 14.4. The number of aromatic nitrogens is 1. The van der Waals surface area contributed by atoms with Crippen molar-refractivity contribution in [3.63, 3.8) is 0 Å². The zero-order valence-electron chi connectivity index (χ0n) is 23.4. The lowest BCUT2D eigenvalue weighted by Gasteiger charge is -2.29. The Kier molecular flexibility index (Phi) is 7.24. The van der Waals surface area contributed by atoms with Crippen molar-refractivity contribution in [2.24, 2.45) is 0 Å². The summed E-state index contributed by atoms with van der Waals surface area (Å²) in [5.41, 5.74) is 3.60. The van der Waals surface area contributed by atoms with E-state index >= 15 is 0 Å². The highest BCUT2D eigenvalue weighted by molar-refractivity contribution is 5.99. The summed E-state index contributed by atoms with van der Waals surface area (Å²) in [6.45, 7) is 2.39. The van der Waals surface area contributed by atoms with Crippen LogP contribution < -0.4 is 15.0 Å². The lowest BCUT2D eigenvalue weighted by Crippen LogP contribution is -2.30. The Morgan fingerprint density at radius 2 is 1.85 bits per heavy atom. The minimum atomic E-state index is -0.662. The SMILES string of the molecule is COc1c2c(cc3c1[C@H](c1cc4cccc5c4n(c1=O)CC5)CC(=O)O3)C=CCCCC(=O)CCC[C@H](C)OC2=O. The van der Waals surface area contributed by atoms with Crippen molar-refractivity contribution in [3.8, 4) is 11.5 Å². The van der Waals surface area contributed by atoms with E-state index in [9.17, 15) is 19.2 Å². The summed E-state index contributed by atoms with van der Waals surface area (Å²) in [5, 5.41) is 0.932. The Bertz CT molecular complexity index is 1660. The molecule has 0 saturated heterocycles. The molecule has 4 heterocycles. The zero-order chi connectivity index (χ0) is 28.7. The number of rotatable bonds is 2. The average Bonchev–Trinajstić information content (AvgIpc) is 3.38. The van der Waals surface area contributed by atoms with Crippen molar-refractivity contribution >= 4 is 34.7 Å². The molecule has 0 spiro atoms. The number of benzene rings is 2. The summed E-state index contributed by atoms with van der Waals surface area (Å²) in [7, 11) is 1.47. The number of ketones is 1. The van der Waals surface area contributed by atoms with Gasteiger partial charge in [0.1, 0.15) is 22.8 Å². The maximum absolute atomic E-state index is 13.8. The number of methoxy groups -OCH3 is 1. The number of nitrogens with zero attached hydrogens (tertiary/aromatic N) is 1. The summed E-state index contributed by atoms with van der Waals surface area (Å²) in [4.78, 5) is 52.6. The minimum Gasteiger partial charge on any atom is -0.495 e. The highest BCUT2D eigenvalue weighted by Crippen LogP contribution is 2.47. The minimum absolute atomic E-state index is 0.0576. The van der Waals surface area contributed by atoms with E-state index in [2.05, 4.69) is 0 Å². The molecular formula is C33H33NO7. The number of Topliss-reactive ketones (excluding diaryl/α,β-unsaturated/α-hetero) is 1. The van der Waals surface area contributed by atoms with Gasteiger partial charge in [-0.3, -0.25) is 14.4 Å². The number of carbonyl (C=O) groups excluding carboxylic acids is 3. The topological polar surface area (TPSA) is 101 Å². The van der Waals surface area contributed by atoms with Crippen molar-refractivity contribution < 1.29 is 28.6 Å². The van der Waals surface area contributed by atoms with Gasteiger partial charge in [0.25, 0.3) is 5.56 Å². The molecule has 0 unspecified atom stereocenters. The van der Waals surface area contributed by atoms with Crippen LogP contribution in [-0.4, -0.2) is 35.5 Å². The van der Waals surface area contributed by atoms with Gasteiger partial charge in [-0.1, -0.05) is 30.4 Å². The average molecular weight is 556 g/mol. The van der Waals surface area contributed by atoms with E-state index in [1.807, 2.05) is 37.3 Å². The lowest BCUT2D eigenvalue weighted by atomic mass is 9.83. The van der Waals surface area contributed by atoms with Crippen molar-refractivity contribution in [2.45, 2.75) is 76.9 Å². The third-order valence-corrected chi connectivity index (χ3v) is 8.37. The van der Waals surface area contributed by atoms with E-state index in [1.54, 1.807) is 16.7 Å². The number of cyclic esters (lactones) is 1. The molecule has 212 valence electrons. The molecule has 0 radical (unpaired) electrons. The van der Waals surface area contributed by atoms with Crippen LogP contribution in [0.15, 0.2) is 41.2 Å². The number of ether oxygens (including phenoxy) is 3. The van der Waals surface area contributed by atoms with Gasteiger partial charge in [0.2, 0.25) is 0 Å². The second-order valence-corrected chi connectivity index (χ2v) is 11.1. The van der Waals surface area contributed by atoms with E-state index in [-0.39, 0.29) is 34.8 Å². The molecule has 6 rings (SSSR count). The third-order valence-electron chi connectivity index (χ3n) is 8.37. The van der Waals surface area contributed by atoms with Gasteiger partial charge in [-0.2, -0.15) is 0 Å².